The fraction of sp³-hybridized carbons (Fsp3) is 0.150. The first kappa shape index (κ1) is 17.6. The Morgan fingerprint density at radius 2 is 1.89 bits per heavy atom. The highest BCUT2D eigenvalue weighted by Crippen LogP contribution is 2.32. The van der Waals surface area contributed by atoms with Crippen molar-refractivity contribution in [2.75, 3.05) is 18.7 Å². The molecule has 1 amide bonds. The molecule has 0 unspecified atom stereocenters. The molecule has 3 aromatic rings. The van der Waals surface area contributed by atoms with E-state index in [0.29, 0.717) is 17.3 Å². The van der Waals surface area contributed by atoms with Gasteiger partial charge in [-0.2, -0.15) is 5.10 Å². The van der Waals surface area contributed by atoms with Crippen LogP contribution in [0.2, 0.25) is 0 Å². The van der Waals surface area contributed by atoms with Crippen molar-refractivity contribution in [3.05, 3.63) is 65.9 Å². The monoisotopic (exact) mass is 379 g/mol. The van der Waals surface area contributed by atoms with Gasteiger partial charge in [0.1, 0.15) is 5.82 Å². The number of fused-ring (bicyclic) bond motifs is 1. The number of ether oxygens (including phenoxy) is 3. The van der Waals surface area contributed by atoms with Gasteiger partial charge in [-0.1, -0.05) is 18.2 Å². The van der Waals surface area contributed by atoms with Gasteiger partial charge in [0.25, 0.3) is 5.91 Å². The maximum absolute atomic E-state index is 12.3. The first-order chi connectivity index (χ1) is 13.6. The van der Waals surface area contributed by atoms with Gasteiger partial charge in [0.2, 0.25) is 6.79 Å². The molecule has 0 bridgehead atoms. The Balaban J connectivity index is 1.39. The van der Waals surface area contributed by atoms with Gasteiger partial charge in [0.05, 0.1) is 16.9 Å². The summed E-state index contributed by atoms with van der Waals surface area (Å²) in [5.41, 5.74) is 1.84. The second-order valence-electron chi connectivity index (χ2n) is 6.11. The second kappa shape index (κ2) is 7.43. The zero-order chi connectivity index (χ0) is 19.5. The van der Waals surface area contributed by atoms with Crippen LogP contribution in [0.1, 0.15) is 16.1 Å². The van der Waals surface area contributed by atoms with Crippen molar-refractivity contribution in [1.82, 2.24) is 9.78 Å². The number of carbonyl (C=O) groups is 2. The summed E-state index contributed by atoms with van der Waals surface area (Å²) in [6, 6.07) is 15.9. The van der Waals surface area contributed by atoms with Crippen LogP contribution < -0.4 is 14.8 Å². The molecule has 0 radical (unpaired) electrons. The number of benzene rings is 2. The lowest BCUT2D eigenvalue weighted by Gasteiger charge is -2.09. The van der Waals surface area contributed by atoms with Crippen LogP contribution >= 0.6 is 0 Å². The van der Waals surface area contributed by atoms with Crippen LogP contribution in [-0.4, -0.2) is 35.1 Å². The zero-order valence-corrected chi connectivity index (χ0v) is 15.0. The van der Waals surface area contributed by atoms with E-state index in [0.717, 1.165) is 11.4 Å². The molecule has 28 heavy (non-hydrogen) atoms. The van der Waals surface area contributed by atoms with Crippen molar-refractivity contribution in [3.8, 4) is 17.2 Å². The Morgan fingerprint density at radius 3 is 2.71 bits per heavy atom. The molecule has 2 heterocycles. The molecule has 8 nitrogen and oxygen atoms in total. The second-order valence-corrected chi connectivity index (χ2v) is 6.11. The quantitative estimate of drug-likeness (QED) is 0.686. The van der Waals surface area contributed by atoms with Gasteiger partial charge < -0.3 is 19.5 Å². The average Bonchev–Trinajstić information content (AvgIpc) is 3.32. The lowest BCUT2D eigenvalue weighted by atomic mass is 10.2. The van der Waals surface area contributed by atoms with Crippen molar-refractivity contribution >= 4 is 17.7 Å². The summed E-state index contributed by atoms with van der Waals surface area (Å²) in [4.78, 5) is 24.4. The molecule has 1 aliphatic heterocycles. The number of esters is 1. The maximum atomic E-state index is 12.3. The summed E-state index contributed by atoms with van der Waals surface area (Å²) in [5, 5.41) is 7.10. The van der Waals surface area contributed by atoms with E-state index in [1.54, 1.807) is 22.9 Å². The van der Waals surface area contributed by atoms with Crippen LogP contribution in [-0.2, 0) is 9.53 Å². The van der Waals surface area contributed by atoms with Gasteiger partial charge in [-0.15, -0.1) is 0 Å². The Hall–Kier alpha value is -3.81. The predicted molar refractivity (Wildman–Crippen MR) is 99.8 cm³/mol. The van der Waals surface area contributed by atoms with E-state index >= 15 is 0 Å². The van der Waals surface area contributed by atoms with Gasteiger partial charge in [-0.25, -0.2) is 9.48 Å². The number of nitrogens with one attached hydrogen (secondary N) is 1. The summed E-state index contributed by atoms with van der Waals surface area (Å²) in [7, 11) is 0. The maximum Gasteiger partial charge on any atom is 0.338 e. The van der Waals surface area contributed by atoms with Gasteiger partial charge in [0, 0.05) is 6.07 Å². The number of carbonyl (C=O) groups excluding carboxylic acids is 2. The van der Waals surface area contributed by atoms with E-state index in [1.165, 1.54) is 6.07 Å². The first-order valence-corrected chi connectivity index (χ1v) is 8.59. The summed E-state index contributed by atoms with van der Waals surface area (Å²) < 4.78 is 17.1. The number of aryl methyl sites for hydroxylation is 1. The molecular weight excluding hydrogens is 362 g/mol. The number of nitrogens with zero attached hydrogens (tertiary/aromatic N) is 2. The molecule has 1 aromatic heterocycles. The van der Waals surface area contributed by atoms with Crippen molar-refractivity contribution < 1.29 is 23.8 Å². The van der Waals surface area contributed by atoms with Gasteiger partial charge in [0.15, 0.2) is 18.1 Å². The summed E-state index contributed by atoms with van der Waals surface area (Å²) in [6.45, 7) is 1.52. The van der Waals surface area contributed by atoms with Gasteiger partial charge >= 0.3 is 5.97 Å². The van der Waals surface area contributed by atoms with Crippen LogP contribution in [0.25, 0.3) is 5.69 Å². The first-order valence-electron chi connectivity index (χ1n) is 8.59. The Labute approximate surface area is 160 Å². The number of hydrogen-bond acceptors (Lipinski definition) is 6. The van der Waals surface area contributed by atoms with Crippen LogP contribution in [0.15, 0.2) is 54.6 Å². The highest BCUT2D eigenvalue weighted by atomic mass is 16.7. The van der Waals surface area contributed by atoms with E-state index in [9.17, 15) is 9.59 Å². The fourth-order valence-electron chi connectivity index (χ4n) is 2.77. The summed E-state index contributed by atoms with van der Waals surface area (Å²) >= 11 is 0. The van der Waals surface area contributed by atoms with E-state index in [4.69, 9.17) is 14.2 Å². The highest BCUT2D eigenvalue weighted by molar-refractivity contribution is 5.95. The van der Waals surface area contributed by atoms with Crippen LogP contribution in [0.3, 0.4) is 0 Å². The van der Waals surface area contributed by atoms with Crippen LogP contribution in [0.5, 0.6) is 11.5 Å². The van der Waals surface area contributed by atoms with Gasteiger partial charge in [-0.3, -0.25) is 4.79 Å². The number of para-hydroxylation sites is 1. The third-order valence-corrected chi connectivity index (χ3v) is 4.04. The molecule has 0 atom stereocenters. The standard InChI is InChI=1S/C20H17N3O5/c1-13-9-18(23(22-13)15-5-3-2-4-6-15)21-19(24)11-26-20(25)14-7-8-16-17(10-14)28-12-27-16/h2-10H,11-12H2,1H3,(H,21,24). The molecule has 1 aliphatic rings. The van der Waals surface area contributed by atoms with Gasteiger partial charge in [-0.05, 0) is 37.3 Å². The lowest BCUT2D eigenvalue weighted by Crippen LogP contribution is -2.22. The summed E-state index contributed by atoms with van der Waals surface area (Å²) in [6.07, 6.45) is 0. The van der Waals surface area contributed by atoms with Crippen molar-refractivity contribution in [3.63, 3.8) is 0 Å². The minimum absolute atomic E-state index is 0.116. The third kappa shape index (κ3) is 3.66. The van der Waals surface area contributed by atoms with Crippen molar-refractivity contribution in [1.29, 1.82) is 0 Å². The molecule has 0 spiro atoms. The summed E-state index contributed by atoms with van der Waals surface area (Å²) in [5.74, 6) is 0.445. The molecule has 0 saturated carbocycles. The smallest absolute Gasteiger partial charge is 0.338 e. The van der Waals surface area contributed by atoms with E-state index < -0.39 is 18.5 Å². The SMILES string of the molecule is Cc1cc(NC(=O)COC(=O)c2ccc3c(c2)OCO3)n(-c2ccccc2)n1. The third-order valence-electron chi connectivity index (χ3n) is 4.04. The minimum atomic E-state index is -0.624. The number of amides is 1. The minimum Gasteiger partial charge on any atom is -0.454 e. The molecule has 2 aromatic carbocycles. The average molecular weight is 379 g/mol. The fourth-order valence-corrected chi connectivity index (χ4v) is 2.77. The largest absolute Gasteiger partial charge is 0.454 e. The highest BCUT2D eigenvalue weighted by Gasteiger charge is 2.18. The Kier molecular flexibility index (Phi) is 4.67. The number of hydrogen-bond donors (Lipinski definition) is 1. The molecule has 0 saturated heterocycles. The number of rotatable bonds is 5. The zero-order valence-electron chi connectivity index (χ0n) is 15.0. The van der Waals surface area contributed by atoms with Crippen molar-refractivity contribution in [2.24, 2.45) is 0 Å². The lowest BCUT2D eigenvalue weighted by molar-refractivity contribution is -0.119. The molecule has 1 N–H and O–H groups in total. The van der Waals surface area contributed by atoms with Crippen molar-refractivity contribution in [2.45, 2.75) is 6.92 Å². The van der Waals surface area contributed by atoms with E-state index in [2.05, 4.69) is 10.4 Å². The van der Waals surface area contributed by atoms with E-state index in [-0.39, 0.29) is 12.4 Å². The predicted octanol–water partition coefficient (Wildman–Crippen LogP) is 2.70. The Morgan fingerprint density at radius 1 is 1.11 bits per heavy atom. The topological polar surface area (TPSA) is 91.7 Å². The number of anilines is 1. The van der Waals surface area contributed by atoms with Crippen LogP contribution in [0, 0.1) is 6.92 Å². The molecule has 142 valence electrons. The molecular formula is C20H17N3O5. The molecule has 0 aliphatic carbocycles. The van der Waals surface area contributed by atoms with E-state index in [1.807, 2.05) is 37.3 Å². The van der Waals surface area contributed by atoms with Crippen LogP contribution in [0.4, 0.5) is 5.82 Å². The normalized spacial score (nSPS) is 11.9. The molecule has 8 heteroatoms. The molecule has 4 rings (SSSR count). The number of aromatic nitrogens is 2. The molecule has 0 fully saturated rings. The Bertz CT molecular complexity index is 1030.